The molecule has 4 N–H and O–H groups in total. The van der Waals surface area contributed by atoms with E-state index in [4.69, 9.17) is 11.5 Å². The van der Waals surface area contributed by atoms with Crippen molar-refractivity contribution in [1.29, 1.82) is 0 Å². The van der Waals surface area contributed by atoms with E-state index in [1.165, 1.54) is 11.1 Å². The third kappa shape index (κ3) is 2.35. The van der Waals surface area contributed by atoms with Gasteiger partial charge in [-0.05, 0) is 37.3 Å². The minimum Gasteiger partial charge on any atom is -0.383 e. The molecule has 1 aromatic heterocycles. The van der Waals surface area contributed by atoms with Crippen LogP contribution in [0.25, 0.3) is 0 Å². The summed E-state index contributed by atoms with van der Waals surface area (Å²) in [5.74, 6) is 0.411. The average molecular weight is 282 g/mol. The standard InChI is InChI=1S/C16H18N4O/c1-9-13(15(18)21)14(17)20-16(19-9)12-8-4-6-10-5-2-3-7-11(10)12/h2-3,5,7,12H,4,6,8H2,1H3,(H2,18,21)(H2,17,19,20). The monoisotopic (exact) mass is 282 g/mol. The number of benzene rings is 1. The third-order valence-electron chi connectivity index (χ3n) is 4.06. The summed E-state index contributed by atoms with van der Waals surface area (Å²) in [6, 6.07) is 8.36. The molecule has 1 aliphatic rings. The van der Waals surface area contributed by atoms with Crippen LogP contribution in [0.4, 0.5) is 5.82 Å². The molecular formula is C16H18N4O. The Bertz CT molecular complexity index is 688. The molecule has 2 aromatic rings. The molecule has 3 rings (SSSR count). The van der Waals surface area contributed by atoms with Crippen molar-refractivity contribution in [2.75, 3.05) is 5.73 Å². The van der Waals surface area contributed by atoms with Crippen molar-refractivity contribution in [2.45, 2.75) is 32.1 Å². The maximum Gasteiger partial charge on any atom is 0.254 e. The highest BCUT2D eigenvalue weighted by molar-refractivity contribution is 5.98. The van der Waals surface area contributed by atoms with E-state index in [1.807, 2.05) is 6.07 Å². The SMILES string of the molecule is Cc1nc(C2CCCc3ccccc32)nc(N)c1C(N)=O. The van der Waals surface area contributed by atoms with E-state index in [0.717, 1.165) is 19.3 Å². The lowest BCUT2D eigenvalue weighted by Crippen LogP contribution is -2.21. The van der Waals surface area contributed by atoms with Gasteiger partial charge in [-0.3, -0.25) is 4.79 Å². The number of nitrogens with two attached hydrogens (primary N) is 2. The Morgan fingerprint density at radius 2 is 2.05 bits per heavy atom. The summed E-state index contributed by atoms with van der Waals surface area (Å²) in [4.78, 5) is 20.2. The summed E-state index contributed by atoms with van der Waals surface area (Å²) in [7, 11) is 0. The number of nitrogen functional groups attached to an aromatic ring is 1. The molecule has 0 radical (unpaired) electrons. The van der Waals surface area contributed by atoms with Gasteiger partial charge >= 0.3 is 0 Å². The molecule has 0 aliphatic heterocycles. The fourth-order valence-corrected chi connectivity index (χ4v) is 3.10. The normalized spacial score (nSPS) is 17.3. The van der Waals surface area contributed by atoms with Gasteiger partial charge in [0, 0.05) is 5.92 Å². The van der Waals surface area contributed by atoms with Crippen LogP contribution >= 0.6 is 0 Å². The molecule has 108 valence electrons. The lowest BCUT2D eigenvalue weighted by Gasteiger charge is -2.25. The van der Waals surface area contributed by atoms with E-state index in [2.05, 4.69) is 28.2 Å². The lowest BCUT2D eigenvalue weighted by molar-refractivity contribution is 0.1000. The molecule has 1 aliphatic carbocycles. The lowest BCUT2D eigenvalue weighted by atomic mass is 9.82. The molecule has 1 heterocycles. The molecule has 1 amide bonds. The highest BCUT2D eigenvalue weighted by Crippen LogP contribution is 2.35. The number of aryl methyl sites for hydroxylation is 2. The number of amides is 1. The summed E-state index contributed by atoms with van der Waals surface area (Å²) in [6.45, 7) is 1.75. The number of hydrogen-bond donors (Lipinski definition) is 2. The van der Waals surface area contributed by atoms with E-state index in [1.54, 1.807) is 6.92 Å². The van der Waals surface area contributed by atoms with Crippen LogP contribution in [0.3, 0.4) is 0 Å². The van der Waals surface area contributed by atoms with Gasteiger partial charge in [0.05, 0.1) is 5.69 Å². The Hall–Kier alpha value is -2.43. The number of aromatic nitrogens is 2. The van der Waals surface area contributed by atoms with E-state index in [-0.39, 0.29) is 17.3 Å². The van der Waals surface area contributed by atoms with Crippen LogP contribution < -0.4 is 11.5 Å². The van der Waals surface area contributed by atoms with Crippen molar-refractivity contribution >= 4 is 11.7 Å². The van der Waals surface area contributed by atoms with Gasteiger partial charge in [-0.15, -0.1) is 0 Å². The minimum absolute atomic E-state index is 0.137. The van der Waals surface area contributed by atoms with Crippen LogP contribution in [-0.4, -0.2) is 15.9 Å². The summed E-state index contributed by atoms with van der Waals surface area (Å²) in [6.07, 6.45) is 3.17. The van der Waals surface area contributed by atoms with Gasteiger partial charge < -0.3 is 11.5 Å². The first-order valence-electron chi connectivity index (χ1n) is 7.09. The quantitative estimate of drug-likeness (QED) is 0.879. The Balaban J connectivity index is 2.09. The zero-order valence-corrected chi connectivity index (χ0v) is 12.0. The fourth-order valence-electron chi connectivity index (χ4n) is 3.10. The van der Waals surface area contributed by atoms with Crippen molar-refractivity contribution in [3.8, 4) is 0 Å². The molecule has 5 nitrogen and oxygen atoms in total. The van der Waals surface area contributed by atoms with Crippen LogP contribution in [0, 0.1) is 6.92 Å². The molecule has 1 unspecified atom stereocenters. The highest BCUT2D eigenvalue weighted by atomic mass is 16.1. The number of anilines is 1. The van der Waals surface area contributed by atoms with Gasteiger partial charge in [0.25, 0.3) is 5.91 Å². The predicted octanol–water partition coefficient (Wildman–Crippen LogP) is 1.93. The number of carbonyl (C=O) groups excluding carboxylic acids is 1. The Morgan fingerprint density at radius 1 is 1.29 bits per heavy atom. The molecule has 0 spiro atoms. The molecule has 0 saturated heterocycles. The number of fused-ring (bicyclic) bond motifs is 1. The first kappa shape index (κ1) is 13.5. The average Bonchev–Trinajstić information content (AvgIpc) is 2.45. The van der Waals surface area contributed by atoms with E-state index in [9.17, 15) is 4.79 Å². The largest absolute Gasteiger partial charge is 0.383 e. The number of carbonyl (C=O) groups is 1. The van der Waals surface area contributed by atoms with Crippen molar-refractivity contribution in [3.63, 3.8) is 0 Å². The number of rotatable bonds is 2. The number of hydrogen-bond acceptors (Lipinski definition) is 4. The second-order valence-corrected chi connectivity index (χ2v) is 5.44. The van der Waals surface area contributed by atoms with E-state index >= 15 is 0 Å². The molecular weight excluding hydrogens is 264 g/mol. The number of nitrogens with zero attached hydrogens (tertiary/aromatic N) is 2. The minimum atomic E-state index is -0.583. The van der Waals surface area contributed by atoms with Crippen LogP contribution in [-0.2, 0) is 6.42 Å². The maximum absolute atomic E-state index is 11.4. The third-order valence-corrected chi connectivity index (χ3v) is 4.06. The van der Waals surface area contributed by atoms with Crippen molar-refractivity contribution in [3.05, 3.63) is 52.5 Å². The van der Waals surface area contributed by atoms with E-state index < -0.39 is 5.91 Å². The van der Waals surface area contributed by atoms with Crippen LogP contribution in [0.5, 0.6) is 0 Å². The van der Waals surface area contributed by atoms with Crippen molar-refractivity contribution in [1.82, 2.24) is 9.97 Å². The molecule has 0 saturated carbocycles. The highest BCUT2D eigenvalue weighted by Gasteiger charge is 2.25. The van der Waals surface area contributed by atoms with Crippen LogP contribution in [0.1, 0.15) is 51.8 Å². The Morgan fingerprint density at radius 3 is 2.76 bits per heavy atom. The van der Waals surface area contributed by atoms with Gasteiger partial charge in [0.2, 0.25) is 0 Å². The van der Waals surface area contributed by atoms with Gasteiger partial charge in [-0.1, -0.05) is 24.3 Å². The van der Waals surface area contributed by atoms with Gasteiger partial charge in [-0.2, -0.15) is 0 Å². The Kier molecular flexibility index (Phi) is 3.33. The molecule has 0 bridgehead atoms. The first-order chi connectivity index (χ1) is 10.1. The second kappa shape index (κ2) is 5.16. The summed E-state index contributed by atoms with van der Waals surface area (Å²) in [5.41, 5.74) is 14.6. The van der Waals surface area contributed by atoms with Crippen molar-refractivity contribution in [2.24, 2.45) is 5.73 Å². The van der Waals surface area contributed by atoms with Crippen LogP contribution in [0.2, 0.25) is 0 Å². The van der Waals surface area contributed by atoms with Gasteiger partial charge in [0.15, 0.2) is 0 Å². The van der Waals surface area contributed by atoms with Gasteiger partial charge in [-0.25, -0.2) is 9.97 Å². The zero-order valence-electron chi connectivity index (χ0n) is 12.0. The number of primary amides is 1. The molecule has 1 atom stereocenters. The molecule has 1 aromatic carbocycles. The van der Waals surface area contributed by atoms with Gasteiger partial charge in [0.1, 0.15) is 17.2 Å². The first-order valence-corrected chi connectivity index (χ1v) is 7.09. The van der Waals surface area contributed by atoms with Crippen molar-refractivity contribution < 1.29 is 4.79 Å². The topological polar surface area (TPSA) is 94.9 Å². The summed E-state index contributed by atoms with van der Waals surface area (Å²) >= 11 is 0. The zero-order chi connectivity index (χ0) is 15.0. The van der Waals surface area contributed by atoms with Crippen LogP contribution in [0.15, 0.2) is 24.3 Å². The second-order valence-electron chi connectivity index (χ2n) is 5.44. The van der Waals surface area contributed by atoms with E-state index in [0.29, 0.717) is 11.5 Å². The maximum atomic E-state index is 11.4. The fraction of sp³-hybridized carbons (Fsp3) is 0.312. The summed E-state index contributed by atoms with van der Waals surface area (Å²) in [5, 5.41) is 0. The Labute approximate surface area is 123 Å². The molecule has 0 fully saturated rings. The smallest absolute Gasteiger partial charge is 0.254 e. The molecule has 5 heteroatoms. The summed E-state index contributed by atoms with van der Waals surface area (Å²) < 4.78 is 0. The predicted molar refractivity (Wildman–Crippen MR) is 80.9 cm³/mol. The molecule has 21 heavy (non-hydrogen) atoms.